The monoisotopic (exact) mass is 378 g/mol. The zero-order chi connectivity index (χ0) is 20.1. The van der Waals surface area contributed by atoms with Gasteiger partial charge in [-0.3, -0.25) is 4.79 Å². The highest BCUT2D eigenvalue weighted by Gasteiger charge is 2.42. The molecule has 0 saturated carbocycles. The number of allylic oxidation sites excluding steroid dienone is 2. The summed E-state index contributed by atoms with van der Waals surface area (Å²) in [6.45, 7) is 4.16. The van der Waals surface area contributed by atoms with E-state index in [9.17, 15) is 10.1 Å². The number of nitriles is 1. The molecule has 1 aromatic carbocycles. The van der Waals surface area contributed by atoms with Crippen molar-refractivity contribution in [2.24, 2.45) is 5.41 Å². The molecule has 1 aliphatic carbocycles. The minimum Gasteiger partial charge on any atom is -0.497 e. The number of aromatic nitrogens is 2. The summed E-state index contributed by atoms with van der Waals surface area (Å²) in [5.41, 5.74) is 2.64. The maximum atomic E-state index is 13.2. The van der Waals surface area contributed by atoms with Gasteiger partial charge < -0.3 is 14.8 Å². The summed E-state index contributed by atoms with van der Waals surface area (Å²) >= 11 is 0. The SMILES string of the molecule is COc1ccc([C@@H]2C3=C(CC(C)(C)CC3=O)Nc3c(C#N)cnn32)c(OC)c1. The van der Waals surface area contributed by atoms with E-state index in [-0.39, 0.29) is 11.2 Å². The molecule has 144 valence electrons. The lowest BCUT2D eigenvalue weighted by Gasteiger charge is -2.39. The fourth-order valence-electron chi connectivity index (χ4n) is 4.12. The number of nitrogens with one attached hydrogen (secondary N) is 1. The second-order valence-corrected chi connectivity index (χ2v) is 7.93. The van der Waals surface area contributed by atoms with E-state index in [1.165, 1.54) is 6.20 Å². The number of methoxy groups -OCH3 is 2. The maximum absolute atomic E-state index is 13.2. The Bertz CT molecular complexity index is 1040. The minimum absolute atomic E-state index is 0.0845. The summed E-state index contributed by atoms with van der Waals surface area (Å²) in [5.74, 6) is 1.96. The second kappa shape index (κ2) is 6.41. The molecule has 0 fully saturated rings. The van der Waals surface area contributed by atoms with Crippen molar-refractivity contribution in [2.75, 3.05) is 19.5 Å². The lowest BCUT2D eigenvalue weighted by molar-refractivity contribution is -0.118. The van der Waals surface area contributed by atoms with Gasteiger partial charge in [0.2, 0.25) is 0 Å². The van der Waals surface area contributed by atoms with Crippen molar-refractivity contribution in [3.8, 4) is 17.6 Å². The largest absolute Gasteiger partial charge is 0.497 e. The number of hydrogen-bond acceptors (Lipinski definition) is 6. The molecule has 1 N–H and O–H groups in total. The van der Waals surface area contributed by atoms with Crippen LogP contribution in [0.5, 0.6) is 11.5 Å². The number of anilines is 1. The van der Waals surface area contributed by atoms with E-state index in [2.05, 4.69) is 30.3 Å². The van der Waals surface area contributed by atoms with Crippen molar-refractivity contribution in [3.63, 3.8) is 0 Å². The molecule has 0 saturated heterocycles. The number of carbonyl (C=O) groups excluding carboxylic acids is 1. The lowest BCUT2D eigenvalue weighted by Crippen LogP contribution is -2.36. The zero-order valence-electron chi connectivity index (χ0n) is 16.4. The highest BCUT2D eigenvalue weighted by molar-refractivity contribution is 6.00. The molecule has 0 unspecified atom stereocenters. The van der Waals surface area contributed by atoms with Crippen LogP contribution in [-0.4, -0.2) is 29.8 Å². The molecule has 4 rings (SSSR count). The van der Waals surface area contributed by atoms with Gasteiger partial charge in [-0.2, -0.15) is 10.4 Å². The third-order valence-electron chi connectivity index (χ3n) is 5.36. The Labute approximate surface area is 163 Å². The van der Waals surface area contributed by atoms with Gasteiger partial charge in [-0.25, -0.2) is 4.68 Å². The van der Waals surface area contributed by atoms with E-state index < -0.39 is 6.04 Å². The number of benzene rings is 1. The lowest BCUT2D eigenvalue weighted by atomic mass is 9.73. The zero-order valence-corrected chi connectivity index (χ0v) is 16.4. The number of hydrogen-bond donors (Lipinski definition) is 1. The first-order valence-electron chi connectivity index (χ1n) is 9.11. The van der Waals surface area contributed by atoms with Crippen molar-refractivity contribution in [3.05, 3.63) is 46.8 Å². The molecular weight excluding hydrogens is 356 g/mol. The first-order valence-corrected chi connectivity index (χ1v) is 9.11. The molecule has 1 aliphatic heterocycles. The van der Waals surface area contributed by atoms with Crippen LogP contribution in [0.1, 0.15) is 43.9 Å². The Morgan fingerprint density at radius 2 is 2.07 bits per heavy atom. The molecule has 0 radical (unpaired) electrons. The van der Waals surface area contributed by atoms with Gasteiger partial charge in [-0.15, -0.1) is 0 Å². The summed E-state index contributed by atoms with van der Waals surface area (Å²) < 4.78 is 12.6. The van der Waals surface area contributed by atoms with Gasteiger partial charge in [-0.1, -0.05) is 13.8 Å². The van der Waals surface area contributed by atoms with Crippen LogP contribution in [0.25, 0.3) is 0 Å². The van der Waals surface area contributed by atoms with Crippen LogP contribution in [0, 0.1) is 16.7 Å². The van der Waals surface area contributed by atoms with Crippen molar-refractivity contribution >= 4 is 11.6 Å². The first kappa shape index (κ1) is 18.1. The predicted octanol–water partition coefficient (Wildman–Crippen LogP) is 3.43. The number of rotatable bonds is 3. The van der Waals surface area contributed by atoms with E-state index in [4.69, 9.17) is 9.47 Å². The summed E-state index contributed by atoms with van der Waals surface area (Å²) in [6.07, 6.45) is 2.71. The van der Waals surface area contributed by atoms with Crippen LogP contribution in [0.4, 0.5) is 5.82 Å². The van der Waals surface area contributed by atoms with Gasteiger partial charge in [0.15, 0.2) is 5.78 Å². The average Bonchev–Trinajstić information content (AvgIpc) is 3.07. The number of nitrogens with zero attached hydrogens (tertiary/aromatic N) is 3. The van der Waals surface area contributed by atoms with Crippen LogP contribution in [-0.2, 0) is 4.79 Å². The van der Waals surface area contributed by atoms with Crippen molar-refractivity contribution in [2.45, 2.75) is 32.7 Å². The number of fused-ring (bicyclic) bond motifs is 1. The van der Waals surface area contributed by atoms with Crippen molar-refractivity contribution in [1.82, 2.24) is 9.78 Å². The second-order valence-electron chi connectivity index (χ2n) is 7.93. The van der Waals surface area contributed by atoms with Gasteiger partial charge in [0, 0.05) is 29.3 Å². The molecule has 2 aliphatic rings. The van der Waals surface area contributed by atoms with E-state index in [0.717, 1.165) is 17.7 Å². The molecule has 0 amide bonds. The Balaban J connectivity index is 1.96. The topological polar surface area (TPSA) is 89.2 Å². The highest BCUT2D eigenvalue weighted by atomic mass is 16.5. The summed E-state index contributed by atoms with van der Waals surface area (Å²) in [6, 6.07) is 7.24. The molecule has 2 aromatic rings. The predicted molar refractivity (Wildman–Crippen MR) is 103 cm³/mol. The van der Waals surface area contributed by atoms with Gasteiger partial charge in [-0.05, 0) is 24.0 Å². The third-order valence-corrected chi connectivity index (χ3v) is 5.36. The smallest absolute Gasteiger partial charge is 0.163 e. The summed E-state index contributed by atoms with van der Waals surface area (Å²) in [5, 5.41) is 17.2. The van der Waals surface area contributed by atoms with Crippen molar-refractivity contribution < 1.29 is 14.3 Å². The van der Waals surface area contributed by atoms with Gasteiger partial charge in [0.05, 0.1) is 20.4 Å². The molecule has 0 spiro atoms. The molecule has 0 bridgehead atoms. The highest BCUT2D eigenvalue weighted by Crippen LogP contribution is 2.48. The molecule has 7 nitrogen and oxygen atoms in total. The van der Waals surface area contributed by atoms with Crippen LogP contribution in [0.15, 0.2) is 35.7 Å². The number of ether oxygens (including phenoxy) is 2. The van der Waals surface area contributed by atoms with Gasteiger partial charge in [0.1, 0.15) is 35.0 Å². The molecular formula is C21H22N4O3. The Morgan fingerprint density at radius 3 is 2.75 bits per heavy atom. The van der Waals surface area contributed by atoms with Crippen LogP contribution >= 0.6 is 0 Å². The van der Waals surface area contributed by atoms with E-state index in [0.29, 0.717) is 34.9 Å². The quantitative estimate of drug-likeness (QED) is 0.880. The van der Waals surface area contributed by atoms with E-state index in [1.54, 1.807) is 25.0 Å². The van der Waals surface area contributed by atoms with E-state index >= 15 is 0 Å². The van der Waals surface area contributed by atoms with Crippen molar-refractivity contribution in [1.29, 1.82) is 5.26 Å². The van der Waals surface area contributed by atoms with Gasteiger partial charge >= 0.3 is 0 Å². The summed E-state index contributed by atoms with van der Waals surface area (Å²) in [7, 11) is 3.18. The van der Waals surface area contributed by atoms with E-state index in [1.807, 2.05) is 12.1 Å². The minimum atomic E-state index is -0.460. The molecule has 1 atom stereocenters. The Hall–Kier alpha value is -3.27. The fraction of sp³-hybridized carbons (Fsp3) is 0.381. The summed E-state index contributed by atoms with van der Waals surface area (Å²) in [4.78, 5) is 13.2. The standard InChI is InChI=1S/C21H22N4O3/c1-21(2)8-15-18(16(26)9-21)19(25-20(24-15)12(10-22)11-23-25)14-6-5-13(27-3)7-17(14)28-4/h5-7,11,19,24H,8-9H2,1-4H3/t19-/m1/s1. The molecule has 7 heteroatoms. The molecule has 1 aromatic heterocycles. The van der Waals surface area contributed by atoms with Gasteiger partial charge in [0.25, 0.3) is 0 Å². The number of carbonyl (C=O) groups is 1. The third kappa shape index (κ3) is 2.73. The average molecular weight is 378 g/mol. The Kier molecular flexibility index (Phi) is 4.15. The normalized spacial score (nSPS) is 20.0. The first-order chi connectivity index (χ1) is 13.4. The molecule has 2 heterocycles. The number of Topliss-reactive ketones (excluding diaryl/α,β-unsaturated/α-hetero) is 1. The number of ketones is 1. The van der Waals surface area contributed by atoms with Crippen LogP contribution in [0.3, 0.4) is 0 Å². The fourth-order valence-corrected chi connectivity index (χ4v) is 4.12. The maximum Gasteiger partial charge on any atom is 0.163 e. The van der Waals surface area contributed by atoms with Crippen LogP contribution < -0.4 is 14.8 Å². The van der Waals surface area contributed by atoms with Crippen LogP contribution in [0.2, 0.25) is 0 Å². The Morgan fingerprint density at radius 1 is 1.29 bits per heavy atom. The molecule has 28 heavy (non-hydrogen) atoms.